The van der Waals surface area contributed by atoms with E-state index in [1.54, 1.807) is 0 Å². The van der Waals surface area contributed by atoms with E-state index in [0.717, 1.165) is 0 Å². The molecule has 0 spiro atoms. The summed E-state index contributed by atoms with van der Waals surface area (Å²) in [7, 11) is 0. The fourth-order valence-electron chi connectivity index (χ4n) is 1.33. The second-order valence-electron chi connectivity index (χ2n) is 4.18. The van der Waals surface area contributed by atoms with Gasteiger partial charge in [0.15, 0.2) is 0 Å². The standard InChI is InChI=1S/C13H27N3O6/c14-16-3-8-21-10-11-22-12-13(18)15-2-7-19-5-1-6-20-9-4-17/h4,16H,1-3,5-12,14H2,(H,15,18). The summed E-state index contributed by atoms with van der Waals surface area (Å²) in [5, 5.41) is 2.67. The molecule has 0 saturated heterocycles. The van der Waals surface area contributed by atoms with Crippen molar-refractivity contribution in [2.45, 2.75) is 6.42 Å². The van der Waals surface area contributed by atoms with Gasteiger partial charge in [-0.25, -0.2) is 0 Å². The zero-order chi connectivity index (χ0) is 16.3. The third-order valence-corrected chi connectivity index (χ3v) is 2.33. The molecule has 1 amide bonds. The minimum atomic E-state index is -0.193. The van der Waals surface area contributed by atoms with Gasteiger partial charge < -0.3 is 29.1 Å². The van der Waals surface area contributed by atoms with Crippen LogP contribution in [0, 0.1) is 0 Å². The molecular formula is C13H27N3O6. The normalized spacial score (nSPS) is 10.6. The predicted molar refractivity (Wildman–Crippen MR) is 79.2 cm³/mol. The molecule has 0 saturated carbocycles. The SMILES string of the molecule is NNCCOCCOCC(=O)NCCOCCCOCC=O. The number of nitrogens with one attached hydrogen (secondary N) is 2. The van der Waals surface area contributed by atoms with Crippen LogP contribution in [0.2, 0.25) is 0 Å². The van der Waals surface area contributed by atoms with E-state index in [2.05, 4.69) is 10.7 Å². The maximum absolute atomic E-state index is 11.4. The van der Waals surface area contributed by atoms with E-state index in [-0.39, 0.29) is 19.1 Å². The molecule has 0 bridgehead atoms. The van der Waals surface area contributed by atoms with Crippen LogP contribution in [0.3, 0.4) is 0 Å². The summed E-state index contributed by atoms with van der Waals surface area (Å²) in [5.74, 6) is 4.88. The third-order valence-electron chi connectivity index (χ3n) is 2.33. The zero-order valence-corrected chi connectivity index (χ0v) is 12.9. The number of hydrogen-bond donors (Lipinski definition) is 3. The van der Waals surface area contributed by atoms with Crippen molar-refractivity contribution in [1.29, 1.82) is 0 Å². The minimum Gasteiger partial charge on any atom is -0.380 e. The second-order valence-corrected chi connectivity index (χ2v) is 4.18. The quantitative estimate of drug-likeness (QED) is 0.124. The number of nitrogens with two attached hydrogens (primary N) is 1. The van der Waals surface area contributed by atoms with Crippen LogP contribution in [0.5, 0.6) is 0 Å². The molecule has 4 N–H and O–H groups in total. The number of ether oxygens (including phenoxy) is 4. The van der Waals surface area contributed by atoms with Gasteiger partial charge in [-0.2, -0.15) is 0 Å². The Morgan fingerprint density at radius 1 is 0.909 bits per heavy atom. The summed E-state index contributed by atoms with van der Waals surface area (Å²) in [6.45, 7) is 3.84. The molecule has 0 aromatic carbocycles. The van der Waals surface area contributed by atoms with E-state index in [0.29, 0.717) is 65.4 Å². The maximum atomic E-state index is 11.4. The van der Waals surface area contributed by atoms with Crippen LogP contribution < -0.4 is 16.6 Å². The number of aldehydes is 1. The summed E-state index contributed by atoms with van der Waals surface area (Å²) in [4.78, 5) is 21.3. The number of carbonyl (C=O) groups excluding carboxylic acids is 2. The Hall–Kier alpha value is -1.10. The Morgan fingerprint density at radius 3 is 2.36 bits per heavy atom. The van der Waals surface area contributed by atoms with E-state index in [1.165, 1.54) is 0 Å². The lowest BCUT2D eigenvalue weighted by Crippen LogP contribution is -2.31. The van der Waals surface area contributed by atoms with Gasteiger partial charge in [0.2, 0.25) is 5.91 Å². The monoisotopic (exact) mass is 321 g/mol. The first-order chi connectivity index (χ1) is 10.8. The first-order valence-electron chi connectivity index (χ1n) is 7.26. The highest BCUT2D eigenvalue weighted by Gasteiger charge is 2.00. The molecule has 0 rings (SSSR count). The zero-order valence-electron chi connectivity index (χ0n) is 12.9. The topological polar surface area (TPSA) is 121 Å². The minimum absolute atomic E-state index is 0.00195. The molecular weight excluding hydrogens is 294 g/mol. The molecule has 0 atom stereocenters. The smallest absolute Gasteiger partial charge is 0.246 e. The van der Waals surface area contributed by atoms with Gasteiger partial charge in [-0.1, -0.05) is 0 Å². The Bertz CT molecular complexity index is 268. The number of carbonyl (C=O) groups is 2. The van der Waals surface area contributed by atoms with Gasteiger partial charge in [-0.3, -0.25) is 16.1 Å². The fraction of sp³-hybridized carbons (Fsp3) is 0.846. The van der Waals surface area contributed by atoms with E-state index < -0.39 is 0 Å². The van der Waals surface area contributed by atoms with E-state index in [1.807, 2.05) is 0 Å². The van der Waals surface area contributed by atoms with Gasteiger partial charge >= 0.3 is 0 Å². The molecule has 22 heavy (non-hydrogen) atoms. The van der Waals surface area contributed by atoms with Crippen molar-refractivity contribution >= 4 is 12.2 Å². The van der Waals surface area contributed by atoms with Gasteiger partial charge in [0.25, 0.3) is 0 Å². The summed E-state index contributed by atoms with van der Waals surface area (Å²) < 4.78 is 20.5. The lowest BCUT2D eigenvalue weighted by atomic mass is 10.5. The van der Waals surface area contributed by atoms with Gasteiger partial charge in [-0.15, -0.1) is 0 Å². The van der Waals surface area contributed by atoms with Gasteiger partial charge in [0.05, 0.1) is 26.4 Å². The lowest BCUT2D eigenvalue weighted by Gasteiger charge is -2.07. The fourth-order valence-corrected chi connectivity index (χ4v) is 1.33. The van der Waals surface area contributed by atoms with Crippen LogP contribution in [0.4, 0.5) is 0 Å². The number of amides is 1. The van der Waals surface area contributed by atoms with Gasteiger partial charge in [0, 0.05) is 26.3 Å². The van der Waals surface area contributed by atoms with Crippen molar-refractivity contribution in [3.63, 3.8) is 0 Å². The molecule has 0 aliphatic heterocycles. The number of rotatable bonds is 17. The number of hydrazine groups is 1. The average molecular weight is 321 g/mol. The average Bonchev–Trinajstić information content (AvgIpc) is 2.52. The molecule has 9 heteroatoms. The van der Waals surface area contributed by atoms with Crippen LogP contribution >= 0.6 is 0 Å². The van der Waals surface area contributed by atoms with E-state index in [4.69, 9.17) is 24.8 Å². The highest BCUT2D eigenvalue weighted by atomic mass is 16.5. The molecule has 0 aliphatic rings. The molecule has 0 heterocycles. The summed E-state index contributed by atoms with van der Waals surface area (Å²) >= 11 is 0. The van der Waals surface area contributed by atoms with Crippen LogP contribution in [0.25, 0.3) is 0 Å². The van der Waals surface area contributed by atoms with Crippen LogP contribution in [-0.4, -0.2) is 78.1 Å². The van der Waals surface area contributed by atoms with Crippen molar-refractivity contribution in [3.8, 4) is 0 Å². The van der Waals surface area contributed by atoms with Crippen LogP contribution in [0.15, 0.2) is 0 Å². The summed E-state index contributed by atoms with van der Waals surface area (Å²) in [6, 6.07) is 0. The van der Waals surface area contributed by atoms with Gasteiger partial charge in [0.1, 0.15) is 19.5 Å². The molecule has 0 fully saturated rings. The summed E-state index contributed by atoms with van der Waals surface area (Å²) in [5.41, 5.74) is 2.46. The van der Waals surface area contributed by atoms with Crippen molar-refractivity contribution < 1.29 is 28.5 Å². The maximum Gasteiger partial charge on any atom is 0.246 e. The van der Waals surface area contributed by atoms with Crippen LogP contribution in [0.1, 0.15) is 6.42 Å². The highest BCUT2D eigenvalue weighted by Crippen LogP contribution is 1.84. The van der Waals surface area contributed by atoms with E-state index in [9.17, 15) is 9.59 Å². The van der Waals surface area contributed by atoms with Crippen LogP contribution in [-0.2, 0) is 28.5 Å². The second kappa shape index (κ2) is 18.0. The van der Waals surface area contributed by atoms with Crippen molar-refractivity contribution in [3.05, 3.63) is 0 Å². The van der Waals surface area contributed by atoms with Crippen molar-refractivity contribution in [2.75, 3.05) is 65.9 Å². The van der Waals surface area contributed by atoms with Gasteiger partial charge in [-0.05, 0) is 6.42 Å². The summed E-state index contributed by atoms with van der Waals surface area (Å²) in [6.07, 6.45) is 1.42. The first-order valence-corrected chi connectivity index (χ1v) is 7.26. The molecule has 0 radical (unpaired) electrons. The van der Waals surface area contributed by atoms with Crippen molar-refractivity contribution in [2.24, 2.45) is 5.84 Å². The largest absolute Gasteiger partial charge is 0.380 e. The molecule has 130 valence electrons. The lowest BCUT2D eigenvalue weighted by molar-refractivity contribution is -0.126. The Morgan fingerprint density at radius 2 is 1.59 bits per heavy atom. The Balaban J connectivity index is 3.14. The molecule has 0 aliphatic carbocycles. The molecule has 9 nitrogen and oxygen atoms in total. The predicted octanol–water partition coefficient (Wildman–Crippen LogP) is -1.78. The molecule has 0 aromatic heterocycles. The van der Waals surface area contributed by atoms with E-state index >= 15 is 0 Å². The third kappa shape index (κ3) is 17.0. The Labute approximate surface area is 130 Å². The highest BCUT2D eigenvalue weighted by molar-refractivity contribution is 5.77. The molecule has 0 aromatic rings. The Kier molecular flexibility index (Phi) is 17.1. The number of hydrogen-bond acceptors (Lipinski definition) is 8. The van der Waals surface area contributed by atoms with Crippen molar-refractivity contribution in [1.82, 2.24) is 10.7 Å². The molecule has 0 unspecified atom stereocenters. The first kappa shape index (κ1) is 20.9.